The minimum absolute atomic E-state index is 0.0781. The van der Waals surface area contributed by atoms with Crippen LogP contribution < -0.4 is 9.62 Å². The van der Waals surface area contributed by atoms with Crippen LogP contribution >= 0.6 is 11.3 Å². The molecule has 0 bridgehead atoms. The van der Waals surface area contributed by atoms with Gasteiger partial charge in [0.1, 0.15) is 17.1 Å². The summed E-state index contributed by atoms with van der Waals surface area (Å²) in [6.07, 6.45) is -2.19. The van der Waals surface area contributed by atoms with Gasteiger partial charge in [0, 0.05) is 31.4 Å². The van der Waals surface area contributed by atoms with Crippen LogP contribution in [0.4, 0.5) is 23.2 Å². The lowest BCUT2D eigenvalue weighted by Crippen LogP contribution is -2.63. The lowest BCUT2D eigenvalue weighted by atomic mass is 10.0. The third kappa shape index (κ3) is 5.38. The molecule has 0 aromatic carbocycles. The molecule has 2 atom stereocenters. The van der Waals surface area contributed by atoms with Gasteiger partial charge in [0.25, 0.3) is 0 Å². The molecule has 5 rings (SSSR count). The van der Waals surface area contributed by atoms with E-state index in [1.54, 1.807) is 32.6 Å². The maximum absolute atomic E-state index is 13.8. The van der Waals surface area contributed by atoms with Gasteiger partial charge in [0.2, 0.25) is 25.1 Å². The molecule has 3 aromatic heterocycles. The smallest absolute Gasteiger partial charge is 0.377 e. The van der Waals surface area contributed by atoms with Crippen LogP contribution in [0.3, 0.4) is 0 Å². The Hall–Kier alpha value is -2.45. The van der Waals surface area contributed by atoms with Crippen molar-refractivity contribution in [3.63, 3.8) is 0 Å². The largest absolute Gasteiger partial charge is 0.445 e. The average Bonchev–Trinajstić information content (AvgIpc) is 3.52. The zero-order valence-electron chi connectivity index (χ0n) is 23.0. The number of aromatic nitrogens is 4. The van der Waals surface area contributed by atoms with Crippen molar-refractivity contribution in [2.45, 2.75) is 61.6 Å². The molecule has 2 aliphatic rings. The molecule has 42 heavy (non-hydrogen) atoms. The number of hydrogen-bond donors (Lipinski definition) is 1. The van der Waals surface area contributed by atoms with E-state index < -0.39 is 60.8 Å². The molecule has 19 heteroatoms. The summed E-state index contributed by atoms with van der Waals surface area (Å²) >= 11 is 0.251. The molecule has 2 aliphatic heterocycles. The Bertz CT molecular complexity index is 1690. The Kier molecular flexibility index (Phi) is 7.83. The summed E-state index contributed by atoms with van der Waals surface area (Å²) in [5, 5.41) is 4.80. The maximum Gasteiger partial charge on any atom is 0.445 e. The lowest BCUT2D eigenvalue weighted by Gasteiger charge is -2.45. The molecule has 3 aromatic rings. The van der Waals surface area contributed by atoms with Crippen LogP contribution in [0.5, 0.6) is 0 Å². The highest BCUT2D eigenvalue weighted by molar-refractivity contribution is 7.90. The molecule has 2 saturated heterocycles. The summed E-state index contributed by atoms with van der Waals surface area (Å²) in [5.74, 6) is -0.0781. The van der Waals surface area contributed by atoms with Crippen molar-refractivity contribution in [1.82, 2.24) is 28.6 Å². The Morgan fingerprint density at radius 2 is 1.79 bits per heavy atom. The van der Waals surface area contributed by atoms with Crippen molar-refractivity contribution in [2.24, 2.45) is 0 Å². The molecular formula is C23H29F4N7O5S3. The molecule has 232 valence electrons. The third-order valence-corrected chi connectivity index (χ3v) is 12.2. The van der Waals surface area contributed by atoms with Gasteiger partial charge in [-0.1, -0.05) is 11.3 Å². The first kappa shape index (κ1) is 31.0. The number of sulfonamides is 2. The second kappa shape index (κ2) is 10.6. The van der Waals surface area contributed by atoms with E-state index in [1.807, 2.05) is 0 Å². The molecule has 12 nitrogen and oxygen atoms in total. The number of alkyl halides is 4. The highest BCUT2D eigenvalue weighted by Crippen LogP contribution is 2.37. The van der Waals surface area contributed by atoms with Crippen LogP contribution in [0.2, 0.25) is 0 Å². The summed E-state index contributed by atoms with van der Waals surface area (Å²) in [6.45, 7) is 5.69. The number of hydrogen-bond acceptors (Lipinski definition) is 10. The van der Waals surface area contributed by atoms with E-state index in [2.05, 4.69) is 19.9 Å². The number of pyridine rings is 1. The van der Waals surface area contributed by atoms with Crippen molar-refractivity contribution < 1.29 is 39.1 Å². The van der Waals surface area contributed by atoms with Crippen LogP contribution in [-0.4, -0.2) is 96.6 Å². The Morgan fingerprint density at radius 3 is 2.29 bits per heavy atom. The monoisotopic (exact) mass is 655 g/mol. The van der Waals surface area contributed by atoms with Gasteiger partial charge >= 0.3 is 6.18 Å². The van der Waals surface area contributed by atoms with Gasteiger partial charge in [0.05, 0.1) is 35.9 Å². The maximum atomic E-state index is 13.8. The topological polar surface area (TPSA) is 139 Å². The van der Waals surface area contributed by atoms with Crippen molar-refractivity contribution in [1.29, 1.82) is 0 Å². The van der Waals surface area contributed by atoms with Crippen molar-refractivity contribution in [3.05, 3.63) is 23.5 Å². The quantitative estimate of drug-likeness (QED) is 0.363. The molecule has 0 unspecified atom stereocenters. The van der Waals surface area contributed by atoms with Crippen LogP contribution in [0.25, 0.3) is 16.3 Å². The molecule has 1 N–H and O–H groups in total. The van der Waals surface area contributed by atoms with Gasteiger partial charge < -0.3 is 9.64 Å². The number of nitrogens with one attached hydrogen (secondary N) is 1. The molecule has 0 spiro atoms. The second-order valence-electron chi connectivity index (χ2n) is 10.8. The van der Waals surface area contributed by atoms with Gasteiger partial charge in [-0.05, 0) is 33.8 Å². The Balaban J connectivity index is 1.63. The standard InChI is InChI=1S/C23H29F4N7O5S3/c1-13(2)42(37,38)34-14(3)7-32(8-15(34)4)17-5-16(41(35,36)31-22(10-24)11-39-12-22)9-33-18(17)6-28-19(33)20-29-30-21(40-20)23(25,26)27/h5-6,9,13-15,31H,7-8,10-12H2,1-4H3/t14-,15-/m0/s1. The lowest BCUT2D eigenvalue weighted by molar-refractivity contribution is -0.138. The summed E-state index contributed by atoms with van der Waals surface area (Å²) < 4.78 is 117. The SMILES string of the molecule is CC(C)S(=O)(=O)N1[C@@H](C)CN(c2cc(S(=O)(=O)NC3(CF)COC3)cn3c(-c4nnc(C(F)(F)F)s4)ncc23)C[C@@H]1C. The van der Waals surface area contributed by atoms with Crippen molar-refractivity contribution in [2.75, 3.05) is 37.9 Å². The van der Waals surface area contributed by atoms with E-state index in [9.17, 15) is 34.4 Å². The number of nitrogens with zero attached hydrogens (tertiary/aromatic N) is 6. The first-order chi connectivity index (χ1) is 19.5. The van der Waals surface area contributed by atoms with Crippen molar-refractivity contribution >= 4 is 42.6 Å². The van der Waals surface area contributed by atoms with E-state index in [1.165, 1.54) is 27.2 Å². The third-order valence-electron chi connectivity index (χ3n) is 7.20. The van der Waals surface area contributed by atoms with Crippen molar-refractivity contribution in [3.8, 4) is 10.8 Å². The predicted molar refractivity (Wildman–Crippen MR) is 146 cm³/mol. The highest BCUT2D eigenvalue weighted by Gasteiger charge is 2.44. The van der Waals surface area contributed by atoms with Gasteiger partial charge in [-0.15, -0.1) is 10.2 Å². The van der Waals surface area contributed by atoms with Gasteiger partial charge in [-0.3, -0.25) is 4.40 Å². The zero-order chi connectivity index (χ0) is 30.8. The number of halogens is 4. The van der Waals surface area contributed by atoms with Crippen LogP contribution in [0.1, 0.15) is 32.7 Å². The zero-order valence-corrected chi connectivity index (χ0v) is 25.4. The second-order valence-corrected chi connectivity index (χ2v) is 15.9. The highest BCUT2D eigenvalue weighted by atomic mass is 32.2. The number of fused-ring (bicyclic) bond motifs is 1. The number of anilines is 1. The summed E-state index contributed by atoms with van der Waals surface area (Å²) in [7, 11) is -7.98. The number of rotatable bonds is 8. The molecule has 0 radical (unpaired) electrons. The number of ether oxygens (including phenoxy) is 1. The first-order valence-corrected chi connectivity index (χ1v) is 16.7. The first-order valence-electron chi connectivity index (χ1n) is 12.9. The van der Waals surface area contributed by atoms with E-state index >= 15 is 0 Å². The van der Waals surface area contributed by atoms with Gasteiger partial charge in [-0.25, -0.2) is 26.2 Å². The van der Waals surface area contributed by atoms with E-state index in [0.29, 0.717) is 11.2 Å². The number of imidazole rings is 1. The predicted octanol–water partition coefficient (Wildman–Crippen LogP) is 2.53. The molecular weight excluding hydrogens is 626 g/mol. The Labute approximate surface area is 243 Å². The summed E-state index contributed by atoms with van der Waals surface area (Å²) in [6, 6.07) is 0.366. The number of piperazine rings is 1. The van der Waals surface area contributed by atoms with Crippen LogP contribution in [-0.2, 0) is 31.0 Å². The molecule has 5 heterocycles. The van der Waals surface area contributed by atoms with E-state index in [-0.39, 0.29) is 53.4 Å². The Morgan fingerprint density at radius 1 is 1.14 bits per heavy atom. The van der Waals surface area contributed by atoms with E-state index in [4.69, 9.17) is 4.74 Å². The van der Waals surface area contributed by atoms with Crippen LogP contribution in [0, 0.1) is 0 Å². The van der Waals surface area contributed by atoms with Gasteiger partial charge in [0.15, 0.2) is 10.8 Å². The molecule has 0 amide bonds. The molecule has 2 fully saturated rings. The summed E-state index contributed by atoms with van der Waals surface area (Å²) in [4.78, 5) is 5.75. The average molecular weight is 656 g/mol. The van der Waals surface area contributed by atoms with E-state index in [0.717, 1.165) is 0 Å². The molecule has 0 aliphatic carbocycles. The normalized spacial score (nSPS) is 22.2. The summed E-state index contributed by atoms with van der Waals surface area (Å²) in [5.41, 5.74) is -0.747. The van der Waals surface area contributed by atoms with Gasteiger partial charge in [-0.2, -0.15) is 22.2 Å². The fraction of sp³-hybridized carbons (Fsp3) is 0.609. The minimum atomic E-state index is -4.74. The fourth-order valence-electron chi connectivity index (χ4n) is 5.15. The minimum Gasteiger partial charge on any atom is -0.377 e. The fourth-order valence-corrected chi connectivity index (χ4v) is 8.85. The van der Waals surface area contributed by atoms with Crippen LogP contribution in [0.15, 0.2) is 23.4 Å². The molecule has 0 saturated carbocycles.